The van der Waals surface area contributed by atoms with Crippen LogP contribution < -0.4 is 0 Å². The maximum atomic E-state index is 11.4. The second-order valence-electron chi connectivity index (χ2n) is 1.92. The molecule has 0 saturated heterocycles. The third-order valence-electron chi connectivity index (χ3n) is 1.07. The molecule has 1 unspecified atom stereocenters. The Balaban J connectivity index is 3.74. The van der Waals surface area contributed by atoms with E-state index in [1.54, 1.807) is 6.26 Å². The fraction of sp³-hybridized carbons (Fsp3) is 1.00. The predicted molar refractivity (Wildman–Crippen MR) is 53.0 cm³/mol. The Kier molecular flexibility index (Phi) is 6.49. The van der Waals surface area contributed by atoms with Gasteiger partial charge in [0.25, 0.3) is 0 Å². The molecular formula is C5H13O4PS2. The zero-order valence-corrected chi connectivity index (χ0v) is 9.84. The molecule has 1 atom stereocenters. The molecular weight excluding hydrogens is 219 g/mol. The molecule has 0 saturated carbocycles. The van der Waals surface area contributed by atoms with Crippen LogP contribution in [0.3, 0.4) is 0 Å². The molecule has 0 aromatic carbocycles. The molecule has 0 radical (unpaired) electrons. The smallest absolute Gasteiger partial charge is 0.304 e. The van der Waals surface area contributed by atoms with E-state index in [4.69, 9.17) is 0 Å². The summed E-state index contributed by atoms with van der Waals surface area (Å²) in [5.74, 6) is 1.02. The zero-order valence-electron chi connectivity index (χ0n) is 7.31. The maximum absolute atomic E-state index is 11.4. The molecule has 0 aliphatic carbocycles. The molecule has 0 N–H and O–H groups in total. The van der Waals surface area contributed by atoms with Gasteiger partial charge in [0, 0.05) is 42.8 Å². The second kappa shape index (κ2) is 6.16. The first-order valence-electron chi connectivity index (χ1n) is 3.20. The van der Waals surface area contributed by atoms with E-state index in [9.17, 15) is 8.77 Å². The summed E-state index contributed by atoms with van der Waals surface area (Å²) in [5, 5.41) is 0. The molecule has 74 valence electrons. The average Bonchev–Trinajstić information content (AvgIpc) is 2.03. The SMILES string of the molecule is COP(=O)(OC)SCCS(C)=O. The Labute approximate surface area is 79.1 Å². The minimum absolute atomic E-state index is 0.501. The van der Waals surface area contributed by atoms with Crippen LogP contribution in [-0.2, 0) is 24.4 Å². The van der Waals surface area contributed by atoms with Gasteiger partial charge < -0.3 is 9.05 Å². The van der Waals surface area contributed by atoms with Gasteiger partial charge in [-0.25, -0.2) is 4.57 Å². The van der Waals surface area contributed by atoms with E-state index in [-0.39, 0.29) is 0 Å². The monoisotopic (exact) mass is 232 g/mol. The summed E-state index contributed by atoms with van der Waals surface area (Å²) in [4.78, 5) is 0. The molecule has 0 aliphatic heterocycles. The summed E-state index contributed by atoms with van der Waals surface area (Å²) in [6.45, 7) is -2.96. The molecule has 0 fully saturated rings. The van der Waals surface area contributed by atoms with E-state index in [0.717, 1.165) is 11.4 Å². The standard InChI is InChI=1S/C5H13O4PS2/c1-8-10(6,9-2)11-4-5-12(3)7/h4-5H2,1-3H3. The van der Waals surface area contributed by atoms with Crippen molar-refractivity contribution in [2.75, 3.05) is 32.0 Å². The lowest BCUT2D eigenvalue weighted by atomic mass is 11.0. The first-order chi connectivity index (χ1) is 5.54. The average molecular weight is 232 g/mol. The zero-order chi connectivity index (χ0) is 9.61. The summed E-state index contributed by atoms with van der Waals surface area (Å²) >= 11 is 1.07. The Bertz CT molecular complexity index is 188. The summed E-state index contributed by atoms with van der Waals surface area (Å²) < 4.78 is 31.3. The fourth-order valence-corrected chi connectivity index (χ4v) is 4.24. The van der Waals surface area contributed by atoms with Crippen molar-refractivity contribution in [1.29, 1.82) is 0 Å². The van der Waals surface area contributed by atoms with Crippen LogP contribution in [0.1, 0.15) is 0 Å². The van der Waals surface area contributed by atoms with Crippen LogP contribution in [0.15, 0.2) is 0 Å². The van der Waals surface area contributed by atoms with E-state index in [2.05, 4.69) is 9.05 Å². The molecule has 0 bridgehead atoms. The highest BCUT2D eigenvalue weighted by Crippen LogP contribution is 2.59. The third kappa shape index (κ3) is 5.32. The normalized spacial score (nSPS) is 14.6. The van der Waals surface area contributed by atoms with Gasteiger partial charge in [0.1, 0.15) is 0 Å². The first-order valence-corrected chi connectivity index (χ1v) is 8.06. The molecule has 0 spiro atoms. The summed E-state index contributed by atoms with van der Waals surface area (Å²) in [5.41, 5.74) is 0. The lowest BCUT2D eigenvalue weighted by Crippen LogP contribution is -1.97. The topological polar surface area (TPSA) is 52.6 Å². The van der Waals surface area contributed by atoms with Gasteiger partial charge >= 0.3 is 6.80 Å². The van der Waals surface area contributed by atoms with Crippen LogP contribution in [0.5, 0.6) is 0 Å². The molecule has 0 aromatic rings. The van der Waals surface area contributed by atoms with Crippen molar-refractivity contribution >= 4 is 29.0 Å². The van der Waals surface area contributed by atoms with Gasteiger partial charge in [-0.15, -0.1) is 0 Å². The Morgan fingerprint density at radius 2 is 1.92 bits per heavy atom. The molecule has 0 heterocycles. The van der Waals surface area contributed by atoms with Crippen LogP contribution >= 0.6 is 18.2 Å². The highest BCUT2D eigenvalue weighted by molar-refractivity contribution is 8.55. The van der Waals surface area contributed by atoms with Crippen molar-refractivity contribution in [3.05, 3.63) is 0 Å². The van der Waals surface area contributed by atoms with Crippen LogP contribution in [0.25, 0.3) is 0 Å². The Morgan fingerprint density at radius 1 is 1.42 bits per heavy atom. The van der Waals surface area contributed by atoms with Gasteiger partial charge in [0.05, 0.1) is 0 Å². The van der Waals surface area contributed by atoms with E-state index in [1.807, 2.05) is 0 Å². The highest BCUT2D eigenvalue weighted by atomic mass is 32.7. The summed E-state index contributed by atoms with van der Waals surface area (Å²) in [6, 6.07) is 0. The van der Waals surface area contributed by atoms with E-state index >= 15 is 0 Å². The van der Waals surface area contributed by atoms with E-state index < -0.39 is 17.6 Å². The van der Waals surface area contributed by atoms with Crippen LogP contribution in [0.2, 0.25) is 0 Å². The molecule has 4 nitrogen and oxygen atoms in total. The quantitative estimate of drug-likeness (QED) is 0.649. The largest absolute Gasteiger partial charge is 0.388 e. The summed E-state index contributed by atoms with van der Waals surface area (Å²) in [7, 11) is 1.81. The van der Waals surface area contributed by atoms with Gasteiger partial charge in [-0.1, -0.05) is 0 Å². The molecule has 0 aromatic heterocycles. The number of hydrogen-bond acceptors (Lipinski definition) is 5. The van der Waals surface area contributed by atoms with Crippen LogP contribution in [0.4, 0.5) is 0 Å². The fourth-order valence-electron chi connectivity index (χ4n) is 0.446. The van der Waals surface area contributed by atoms with Crippen molar-refractivity contribution in [1.82, 2.24) is 0 Å². The highest BCUT2D eigenvalue weighted by Gasteiger charge is 2.21. The maximum Gasteiger partial charge on any atom is 0.388 e. The van der Waals surface area contributed by atoms with E-state index in [0.29, 0.717) is 11.5 Å². The molecule has 0 aliphatic rings. The van der Waals surface area contributed by atoms with Crippen molar-refractivity contribution in [3.63, 3.8) is 0 Å². The van der Waals surface area contributed by atoms with Crippen molar-refractivity contribution in [2.24, 2.45) is 0 Å². The molecule has 0 rings (SSSR count). The molecule has 0 amide bonds. The second-order valence-corrected chi connectivity index (χ2v) is 7.88. The lowest BCUT2D eigenvalue weighted by molar-refractivity contribution is 0.295. The predicted octanol–water partition coefficient (Wildman–Crippen LogP) is 1.50. The van der Waals surface area contributed by atoms with Gasteiger partial charge in [-0.2, -0.15) is 0 Å². The van der Waals surface area contributed by atoms with Gasteiger partial charge in [-0.05, 0) is 11.4 Å². The van der Waals surface area contributed by atoms with Gasteiger partial charge in [-0.3, -0.25) is 4.21 Å². The van der Waals surface area contributed by atoms with Crippen molar-refractivity contribution < 1.29 is 17.8 Å². The van der Waals surface area contributed by atoms with Crippen LogP contribution in [-0.4, -0.2) is 36.2 Å². The Hall–Kier alpha value is 0.650. The van der Waals surface area contributed by atoms with Crippen molar-refractivity contribution in [3.8, 4) is 0 Å². The van der Waals surface area contributed by atoms with Crippen LogP contribution in [0, 0.1) is 0 Å². The number of hydrogen-bond donors (Lipinski definition) is 0. The van der Waals surface area contributed by atoms with Crippen molar-refractivity contribution in [2.45, 2.75) is 0 Å². The molecule has 7 heteroatoms. The lowest BCUT2D eigenvalue weighted by Gasteiger charge is -2.11. The third-order valence-corrected chi connectivity index (χ3v) is 6.09. The molecule has 12 heavy (non-hydrogen) atoms. The number of rotatable bonds is 6. The minimum atomic E-state index is -2.96. The first kappa shape index (κ1) is 12.7. The summed E-state index contributed by atoms with van der Waals surface area (Å²) in [6.07, 6.45) is 1.60. The Morgan fingerprint density at radius 3 is 2.25 bits per heavy atom. The minimum Gasteiger partial charge on any atom is -0.304 e. The van der Waals surface area contributed by atoms with E-state index in [1.165, 1.54) is 14.2 Å². The van der Waals surface area contributed by atoms with Gasteiger partial charge in [0.2, 0.25) is 0 Å². The van der Waals surface area contributed by atoms with Gasteiger partial charge in [0.15, 0.2) is 0 Å².